The monoisotopic (exact) mass is 482 g/mol. The first-order valence-electron chi connectivity index (χ1n) is 11.8. The van der Waals surface area contributed by atoms with Gasteiger partial charge in [0.15, 0.2) is 0 Å². The smallest absolute Gasteiger partial charge is 0.228 e. The van der Waals surface area contributed by atoms with E-state index in [2.05, 4.69) is 44.5 Å². The molecule has 0 aliphatic heterocycles. The highest BCUT2D eigenvalue weighted by Gasteiger charge is 2.12. The standard InChI is InChI=1S/C30H22N6O/c31-30-33-18-16-27(36-30)25-11-6-17-32-29(25)37-22-14-12-21(13-15-22)35-28-24-10-5-4-9-23(24)26(19-34-28)20-7-2-1-3-8-20/h1-19H,(H,34,35)(H2,31,33,36). The van der Waals surface area contributed by atoms with Crippen molar-refractivity contribution in [1.29, 1.82) is 0 Å². The average molecular weight is 483 g/mol. The predicted molar refractivity (Wildman–Crippen MR) is 147 cm³/mol. The van der Waals surface area contributed by atoms with Crippen molar-refractivity contribution in [3.8, 4) is 34.0 Å². The second kappa shape index (κ2) is 9.75. The van der Waals surface area contributed by atoms with E-state index in [0.29, 0.717) is 17.3 Å². The van der Waals surface area contributed by atoms with Crippen molar-refractivity contribution >= 4 is 28.2 Å². The van der Waals surface area contributed by atoms with E-state index in [9.17, 15) is 0 Å². The molecule has 37 heavy (non-hydrogen) atoms. The average Bonchev–Trinajstić information content (AvgIpc) is 2.95. The summed E-state index contributed by atoms with van der Waals surface area (Å²) >= 11 is 0. The number of nitrogen functional groups attached to an aromatic ring is 1. The second-order valence-electron chi connectivity index (χ2n) is 8.34. The highest BCUT2D eigenvalue weighted by atomic mass is 16.5. The molecule has 7 heteroatoms. The van der Waals surface area contributed by atoms with Crippen molar-refractivity contribution < 1.29 is 4.74 Å². The predicted octanol–water partition coefficient (Wildman–Crippen LogP) is 6.87. The minimum atomic E-state index is 0.195. The molecule has 0 atom stereocenters. The Labute approximate surface area is 213 Å². The number of benzene rings is 3. The van der Waals surface area contributed by atoms with Crippen LogP contribution in [0.1, 0.15) is 0 Å². The highest BCUT2D eigenvalue weighted by Crippen LogP contribution is 2.34. The molecular formula is C30H22N6O. The lowest BCUT2D eigenvalue weighted by Crippen LogP contribution is -1.98. The van der Waals surface area contributed by atoms with Crippen LogP contribution in [0, 0.1) is 0 Å². The van der Waals surface area contributed by atoms with Gasteiger partial charge in [-0.3, -0.25) is 0 Å². The maximum atomic E-state index is 6.09. The van der Waals surface area contributed by atoms with Gasteiger partial charge in [-0.05, 0) is 53.4 Å². The van der Waals surface area contributed by atoms with E-state index in [1.54, 1.807) is 18.5 Å². The van der Waals surface area contributed by atoms with Crippen LogP contribution in [0.15, 0.2) is 116 Å². The first kappa shape index (κ1) is 22.2. The number of rotatable bonds is 6. The van der Waals surface area contributed by atoms with Crippen LogP contribution in [0.3, 0.4) is 0 Å². The molecule has 6 aromatic rings. The maximum Gasteiger partial charge on any atom is 0.228 e. The van der Waals surface area contributed by atoms with E-state index >= 15 is 0 Å². The summed E-state index contributed by atoms with van der Waals surface area (Å²) in [6, 6.07) is 31.7. The first-order chi connectivity index (χ1) is 18.2. The Bertz CT molecular complexity index is 1690. The molecule has 0 amide bonds. The Morgan fingerprint density at radius 2 is 1.43 bits per heavy atom. The number of nitrogens with one attached hydrogen (secondary N) is 1. The molecule has 0 radical (unpaired) electrons. The summed E-state index contributed by atoms with van der Waals surface area (Å²) in [5.41, 5.74) is 10.3. The van der Waals surface area contributed by atoms with Gasteiger partial charge in [-0.25, -0.2) is 19.9 Å². The zero-order valence-corrected chi connectivity index (χ0v) is 19.7. The Morgan fingerprint density at radius 3 is 2.24 bits per heavy atom. The highest BCUT2D eigenvalue weighted by molar-refractivity contribution is 6.02. The van der Waals surface area contributed by atoms with Crippen molar-refractivity contribution in [2.45, 2.75) is 0 Å². The zero-order valence-electron chi connectivity index (χ0n) is 19.7. The molecular weight excluding hydrogens is 460 g/mol. The Kier molecular flexibility index (Phi) is 5.85. The fraction of sp³-hybridized carbons (Fsp3) is 0. The SMILES string of the molecule is Nc1nccc(-c2cccnc2Oc2ccc(Nc3ncc(-c4ccccc4)c4ccccc34)cc2)n1. The van der Waals surface area contributed by atoms with Crippen molar-refractivity contribution in [2.75, 3.05) is 11.1 Å². The Morgan fingerprint density at radius 1 is 0.649 bits per heavy atom. The van der Waals surface area contributed by atoms with Crippen LogP contribution in [0.5, 0.6) is 11.6 Å². The van der Waals surface area contributed by atoms with Gasteiger partial charge in [0.2, 0.25) is 11.8 Å². The topological polar surface area (TPSA) is 98.8 Å². The molecule has 0 aliphatic carbocycles. The van der Waals surface area contributed by atoms with Gasteiger partial charge in [0.1, 0.15) is 11.6 Å². The molecule has 178 valence electrons. The molecule has 3 aromatic heterocycles. The number of anilines is 3. The summed E-state index contributed by atoms with van der Waals surface area (Å²) in [6.07, 6.45) is 5.20. The van der Waals surface area contributed by atoms with Crippen molar-refractivity contribution in [1.82, 2.24) is 19.9 Å². The van der Waals surface area contributed by atoms with Gasteiger partial charge in [-0.1, -0.05) is 54.6 Å². The third kappa shape index (κ3) is 4.66. The van der Waals surface area contributed by atoms with Gasteiger partial charge in [0.05, 0.1) is 11.3 Å². The summed E-state index contributed by atoms with van der Waals surface area (Å²) < 4.78 is 6.09. The quantitative estimate of drug-likeness (QED) is 0.267. The number of fused-ring (bicyclic) bond motifs is 1. The molecule has 0 fully saturated rings. The third-order valence-electron chi connectivity index (χ3n) is 5.93. The molecule has 3 aromatic carbocycles. The molecule has 0 spiro atoms. The van der Waals surface area contributed by atoms with Crippen molar-refractivity contribution in [3.63, 3.8) is 0 Å². The fourth-order valence-electron chi connectivity index (χ4n) is 4.19. The van der Waals surface area contributed by atoms with Crippen LogP contribution in [0.25, 0.3) is 33.2 Å². The molecule has 0 aliphatic rings. The summed E-state index contributed by atoms with van der Waals surface area (Å²) in [5, 5.41) is 5.63. The fourth-order valence-corrected chi connectivity index (χ4v) is 4.19. The van der Waals surface area contributed by atoms with Crippen LogP contribution in [-0.4, -0.2) is 19.9 Å². The molecule has 0 saturated carbocycles. The Balaban J connectivity index is 1.26. The van der Waals surface area contributed by atoms with Gasteiger partial charge in [0.25, 0.3) is 0 Å². The Hall–Kier alpha value is -5.30. The second-order valence-corrected chi connectivity index (χ2v) is 8.34. The van der Waals surface area contributed by atoms with Crippen LogP contribution >= 0.6 is 0 Å². The van der Waals surface area contributed by atoms with Gasteiger partial charge in [-0.2, -0.15) is 0 Å². The molecule has 0 bridgehead atoms. The van der Waals surface area contributed by atoms with Crippen LogP contribution in [0.2, 0.25) is 0 Å². The number of hydrogen-bond donors (Lipinski definition) is 2. The lowest BCUT2D eigenvalue weighted by atomic mass is 10.0. The molecule has 3 heterocycles. The van der Waals surface area contributed by atoms with Crippen LogP contribution in [0.4, 0.5) is 17.5 Å². The van der Waals surface area contributed by atoms with E-state index in [-0.39, 0.29) is 5.95 Å². The number of aromatic nitrogens is 4. The van der Waals surface area contributed by atoms with E-state index in [4.69, 9.17) is 15.5 Å². The van der Waals surface area contributed by atoms with Crippen LogP contribution in [-0.2, 0) is 0 Å². The van der Waals surface area contributed by atoms with Gasteiger partial charge in [-0.15, -0.1) is 0 Å². The van der Waals surface area contributed by atoms with Gasteiger partial charge < -0.3 is 15.8 Å². The minimum absolute atomic E-state index is 0.195. The molecule has 3 N–H and O–H groups in total. The summed E-state index contributed by atoms with van der Waals surface area (Å²) in [5.74, 6) is 2.06. The zero-order chi connectivity index (χ0) is 25.0. The van der Waals surface area contributed by atoms with E-state index in [0.717, 1.165) is 39.0 Å². The number of hydrogen-bond acceptors (Lipinski definition) is 7. The summed E-state index contributed by atoms with van der Waals surface area (Å²) in [6.45, 7) is 0. The number of pyridine rings is 2. The summed E-state index contributed by atoms with van der Waals surface area (Å²) in [4.78, 5) is 17.4. The largest absolute Gasteiger partial charge is 0.438 e. The molecule has 0 saturated heterocycles. The van der Waals surface area contributed by atoms with Gasteiger partial charge >= 0.3 is 0 Å². The minimum Gasteiger partial charge on any atom is -0.438 e. The molecule has 0 unspecified atom stereocenters. The summed E-state index contributed by atoms with van der Waals surface area (Å²) in [7, 11) is 0. The molecule has 7 nitrogen and oxygen atoms in total. The van der Waals surface area contributed by atoms with E-state index in [1.165, 1.54) is 0 Å². The number of nitrogens with zero attached hydrogens (tertiary/aromatic N) is 4. The maximum absolute atomic E-state index is 6.09. The van der Waals surface area contributed by atoms with Crippen LogP contribution < -0.4 is 15.8 Å². The van der Waals surface area contributed by atoms with E-state index in [1.807, 2.05) is 72.9 Å². The van der Waals surface area contributed by atoms with Gasteiger partial charge in [0, 0.05) is 35.2 Å². The van der Waals surface area contributed by atoms with E-state index < -0.39 is 0 Å². The third-order valence-corrected chi connectivity index (χ3v) is 5.93. The number of nitrogens with two attached hydrogens (primary N) is 1. The normalized spacial score (nSPS) is 10.8. The molecule has 6 rings (SSSR count). The van der Waals surface area contributed by atoms with Crippen molar-refractivity contribution in [3.05, 3.63) is 116 Å². The number of ether oxygens (including phenoxy) is 1. The first-order valence-corrected chi connectivity index (χ1v) is 11.8. The lowest BCUT2D eigenvalue weighted by Gasteiger charge is -2.13. The lowest BCUT2D eigenvalue weighted by molar-refractivity contribution is 0.465. The van der Waals surface area contributed by atoms with Crippen molar-refractivity contribution in [2.24, 2.45) is 0 Å².